The maximum absolute atomic E-state index is 6.19. The van der Waals surface area contributed by atoms with Crippen LogP contribution >= 0.6 is 11.6 Å². The Morgan fingerprint density at radius 3 is 2.67 bits per heavy atom. The number of aryl methyl sites for hydroxylation is 1. The minimum atomic E-state index is 0.723. The van der Waals surface area contributed by atoms with E-state index in [1.807, 2.05) is 12.1 Å². The summed E-state index contributed by atoms with van der Waals surface area (Å²) in [5.74, 6) is 1.54. The van der Waals surface area contributed by atoms with Gasteiger partial charge in [-0.15, -0.1) is 0 Å². The van der Waals surface area contributed by atoms with Crippen LogP contribution < -0.4 is 10.1 Å². The minimum absolute atomic E-state index is 0.723. The van der Waals surface area contributed by atoms with Crippen molar-refractivity contribution >= 4 is 11.6 Å². The van der Waals surface area contributed by atoms with Crippen LogP contribution in [0.15, 0.2) is 18.2 Å². The van der Waals surface area contributed by atoms with Crippen molar-refractivity contribution < 1.29 is 4.74 Å². The lowest BCUT2D eigenvalue weighted by Crippen LogP contribution is -2.20. The molecule has 0 aliphatic rings. The average Bonchev–Trinajstić information content (AvgIpc) is 2.34. The van der Waals surface area contributed by atoms with Gasteiger partial charge in [0.1, 0.15) is 5.75 Å². The second kappa shape index (κ2) is 8.39. The molecule has 18 heavy (non-hydrogen) atoms. The molecule has 0 aliphatic carbocycles. The molecule has 0 unspecified atom stereocenters. The summed E-state index contributed by atoms with van der Waals surface area (Å²) in [7, 11) is 1.66. The third-order valence-corrected chi connectivity index (χ3v) is 3.21. The number of ether oxygens (including phenoxy) is 1. The van der Waals surface area contributed by atoms with E-state index in [9.17, 15) is 0 Å². The number of nitrogens with one attached hydrogen (secondary N) is 1. The van der Waals surface area contributed by atoms with Gasteiger partial charge >= 0.3 is 0 Å². The Labute approximate surface area is 116 Å². The van der Waals surface area contributed by atoms with E-state index in [0.29, 0.717) is 0 Å². The van der Waals surface area contributed by atoms with Gasteiger partial charge in [0.05, 0.1) is 7.11 Å². The quantitative estimate of drug-likeness (QED) is 0.723. The summed E-state index contributed by atoms with van der Waals surface area (Å²) in [5, 5.41) is 4.26. The predicted molar refractivity (Wildman–Crippen MR) is 78.6 cm³/mol. The van der Waals surface area contributed by atoms with Crippen molar-refractivity contribution in [1.82, 2.24) is 5.32 Å². The summed E-state index contributed by atoms with van der Waals surface area (Å²) in [6.45, 7) is 6.64. The lowest BCUT2D eigenvalue weighted by Gasteiger charge is -2.08. The molecule has 1 rings (SSSR count). The van der Waals surface area contributed by atoms with Crippen molar-refractivity contribution in [2.75, 3.05) is 20.2 Å². The molecule has 1 N–H and O–H groups in total. The number of methoxy groups -OCH3 is 1. The van der Waals surface area contributed by atoms with Crippen molar-refractivity contribution in [2.24, 2.45) is 5.92 Å². The molecule has 0 fully saturated rings. The van der Waals surface area contributed by atoms with E-state index < -0.39 is 0 Å². The van der Waals surface area contributed by atoms with Crippen molar-refractivity contribution in [3.05, 3.63) is 28.8 Å². The Bertz CT molecular complexity index is 352. The summed E-state index contributed by atoms with van der Waals surface area (Å²) < 4.78 is 5.14. The zero-order valence-electron chi connectivity index (χ0n) is 11.6. The Morgan fingerprint density at radius 2 is 2.06 bits per heavy atom. The van der Waals surface area contributed by atoms with Gasteiger partial charge in [-0.05, 0) is 56.0 Å². The lowest BCUT2D eigenvalue weighted by atomic mass is 10.1. The average molecular weight is 270 g/mol. The van der Waals surface area contributed by atoms with Crippen LogP contribution in [0.2, 0.25) is 5.02 Å². The highest BCUT2D eigenvalue weighted by molar-refractivity contribution is 6.31. The molecule has 0 amide bonds. The van der Waals surface area contributed by atoms with E-state index in [-0.39, 0.29) is 0 Å². The van der Waals surface area contributed by atoms with Crippen molar-refractivity contribution in [3.8, 4) is 5.75 Å². The SMILES string of the molecule is COc1ccc(CCCCNCC(C)C)c(Cl)c1. The van der Waals surface area contributed by atoms with Gasteiger partial charge in [0.2, 0.25) is 0 Å². The first-order valence-electron chi connectivity index (χ1n) is 6.66. The molecule has 0 saturated heterocycles. The maximum atomic E-state index is 6.19. The fraction of sp³-hybridized carbons (Fsp3) is 0.600. The molecule has 0 radical (unpaired) electrons. The molecule has 0 saturated carbocycles. The molecule has 0 bridgehead atoms. The van der Waals surface area contributed by atoms with Gasteiger partial charge in [-0.1, -0.05) is 31.5 Å². The first-order chi connectivity index (χ1) is 8.63. The van der Waals surface area contributed by atoms with Crippen LogP contribution in [0.3, 0.4) is 0 Å². The molecule has 0 spiro atoms. The summed E-state index contributed by atoms with van der Waals surface area (Å²) in [4.78, 5) is 0. The Balaban J connectivity index is 2.23. The molecule has 1 aromatic rings. The molecule has 3 heteroatoms. The number of rotatable bonds is 8. The van der Waals surface area contributed by atoms with Crippen LogP contribution in [0, 0.1) is 5.92 Å². The second-order valence-electron chi connectivity index (χ2n) is 5.01. The molecule has 0 aromatic heterocycles. The van der Waals surface area contributed by atoms with E-state index in [1.54, 1.807) is 7.11 Å². The zero-order valence-corrected chi connectivity index (χ0v) is 12.4. The largest absolute Gasteiger partial charge is 0.497 e. The standard InChI is InChI=1S/C15H24ClNO/c1-12(2)11-17-9-5-4-6-13-7-8-14(18-3)10-15(13)16/h7-8,10,12,17H,4-6,9,11H2,1-3H3. The van der Waals surface area contributed by atoms with Crippen LogP contribution in [-0.4, -0.2) is 20.2 Å². The number of hydrogen-bond acceptors (Lipinski definition) is 2. The van der Waals surface area contributed by atoms with Crippen molar-refractivity contribution in [3.63, 3.8) is 0 Å². The van der Waals surface area contributed by atoms with Gasteiger partial charge in [-0.3, -0.25) is 0 Å². The minimum Gasteiger partial charge on any atom is -0.497 e. The van der Waals surface area contributed by atoms with Gasteiger partial charge in [-0.25, -0.2) is 0 Å². The number of unbranched alkanes of at least 4 members (excludes halogenated alkanes) is 1. The molecular weight excluding hydrogens is 246 g/mol. The summed E-state index contributed by atoms with van der Waals surface area (Å²) in [5.41, 5.74) is 1.21. The van der Waals surface area contributed by atoms with Crippen LogP contribution in [-0.2, 0) is 6.42 Å². The van der Waals surface area contributed by atoms with Gasteiger partial charge in [0.15, 0.2) is 0 Å². The monoisotopic (exact) mass is 269 g/mol. The normalized spacial score (nSPS) is 10.9. The molecular formula is C15H24ClNO. The van der Waals surface area contributed by atoms with E-state index in [4.69, 9.17) is 16.3 Å². The summed E-state index contributed by atoms with van der Waals surface area (Å²) >= 11 is 6.19. The van der Waals surface area contributed by atoms with E-state index in [2.05, 4.69) is 25.2 Å². The highest BCUT2D eigenvalue weighted by Crippen LogP contribution is 2.23. The van der Waals surface area contributed by atoms with Gasteiger partial charge < -0.3 is 10.1 Å². The number of hydrogen-bond donors (Lipinski definition) is 1. The fourth-order valence-corrected chi connectivity index (χ4v) is 2.08. The topological polar surface area (TPSA) is 21.3 Å². The highest BCUT2D eigenvalue weighted by Gasteiger charge is 2.02. The summed E-state index contributed by atoms with van der Waals surface area (Å²) in [6.07, 6.45) is 3.39. The maximum Gasteiger partial charge on any atom is 0.120 e. The zero-order chi connectivity index (χ0) is 13.4. The Kier molecular flexibility index (Phi) is 7.14. The van der Waals surface area contributed by atoms with Crippen LogP contribution in [0.4, 0.5) is 0 Å². The summed E-state index contributed by atoms with van der Waals surface area (Å²) in [6, 6.07) is 5.91. The Morgan fingerprint density at radius 1 is 1.28 bits per heavy atom. The smallest absolute Gasteiger partial charge is 0.120 e. The third kappa shape index (κ3) is 5.74. The fourth-order valence-electron chi connectivity index (χ4n) is 1.81. The first kappa shape index (κ1) is 15.3. The molecule has 0 aliphatic heterocycles. The molecule has 0 atom stereocenters. The van der Waals surface area contributed by atoms with Crippen molar-refractivity contribution in [1.29, 1.82) is 0 Å². The number of benzene rings is 1. The predicted octanol–water partition coefficient (Wildman–Crippen LogP) is 3.92. The van der Waals surface area contributed by atoms with Crippen LogP contribution in [0.1, 0.15) is 32.3 Å². The van der Waals surface area contributed by atoms with Gasteiger partial charge in [0.25, 0.3) is 0 Å². The molecule has 0 heterocycles. The third-order valence-electron chi connectivity index (χ3n) is 2.86. The van der Waals surface area contributed by atoms with Crippen molar-refractivity contribution in [2.45, 2.75) is 33.1 Å². The van der Waals surface area contributed by atoms with E-state index in [0.717, 1.165) is 42.6 Å². The van der Waals surface area contributed by atoms with Crippen LogP contribution in [0.5, 0.6) is 5.75 Å². The molecule has 2 nitrogen and oxygen atoms in total. The van der Waals surface area contributed by atoms with Gasteiger partial charge in [-0.2, -0.15) is 0 Å². The molecule has 102 valence electrons. The first-order valence-corrected chi connectivity index (χ1v) is 7.04. The number of halogens is 1. The van der Waals surface area contributed by atoms with Gasteiger partial charge in [0, 0.05) is 5.02 Å². The lowest BCUT2D eigenvalue weighted by molar-refractivity contribution is 0.414. The Hall–Kier alpha value is -0.730. The second-order valence-corrected chi connectivity index (χ2v) is 5.42. The highest BCUT2D eigenvalue weighted by atomic mass is 35.5. The molecule has 1 aromatic carbocycles. The van der Waals surface area contributed by atoms with E-state index in [1.165, 1.54) is 12.0 Å². The van der Waals surface area contributed by atoms with Crippen LogP contribution in [0.25, 0.3) is 0 Å². The van der Waals surface area contributed by atoms with E-state index >= 15 is 0 Å².